The molecule has 0 spiro atoms. The fourth-order valence-electron chi connectivity index (χ4n) is 10.3. The Balaban J connectivity index is 0. The Labute approximate surface area is 486 Å². The summed E-state index contributed by atoms with van der Waals surface area (Å²) >= 11 is 13.8. The molecule has 1 aromatic carbocycles. The number of carbonyl (C=O) groups excluding carboxylic acids is 1. The predicted octanol–water partition coefficient (Wildman–Crippen LogP) is 13.9. The fraction of sp³-hybridized carbons (Fsp3) is 0.696. The Morgan fingerprint density at radius 2 is 1.08 bits per heavy atom. The van der Waals surface area contributed by atoms with E-state index in [2.05, 4.69) is 101 Å². The molecule has 0 saturated heterocycles. The van der Waals surface area contributed by atoms with Gasteiger partial charge in [-0.25, -0.2) is 0 Å². The molecule has 71 heavy (non-hydrogen) atoms. The van der Waals surface area contributed by atoms with Gasteiger partial charge in [0.15, 0.2) is 0 Å². The van der Waals surface area contributed by atoms with Gasteiger partial charge in [0.25, 0.3) is 0 Å². The minimum absolute atomic E-state index is 0. The molecule has 0 heterocycles. The van der Waals surface area contributed by atoms with Crippen LogP contribution >= 0.6 is 38.9 Å². The van der Waals surface area contributed by atoms with E-state index in [1.807, 2.05) is 26.8 Å². The van der Waals surface area contributed by atoms with Crippen molar-refractivity contribution in [3.63, 3.8) is 0 Å². The maximum absolute atomic E-state index is 12.6. The smallest absolute Gasteiger partial charge is 0.870 e. The van der Waals surface area contributed by atoms with E-state index in [1.165, 1.54) is 63.4 Å². The third kappa shape index (κ3) is 25.7. The quantitative estimate of drug-likeness (QED) is 0.0881. The van der Waals surface area contributed by atoms with E-state index < -0.39 is 27.6 Å². The first-order valence-electron chi connectivity index (χ1n) is 25.6. The van der Waals surface area contributed by atoms with E-state index in [9.17, 15) is 19.3 Å². The van der Waals surface area contributed by atoms with Crippen LogP contribution in [-0.2, 0) is 20.6 Å². The number of amides is 1. The van der Waals surface area contributed by atoms with Crippen LogP contribution in [0.4, 0.5) is 0 Å². The molecular formula is C56H87Cl3KN4O6P. The van der Waals surface area contributed by atoms with E-state index in [4.69, 9.17) is 20.9 Å². The summed E-state index contributed by atoms with van der Waals surface area (Å²) in [5.74, 6) is -0.0961. The van der Waals surface area contributed by atoms with E-state index in [0.717, 1.165) is 139 Å². The van der Waals surface area contributed by atoms with Crippen LogP contribution in [0.15, 0.2) is 66.8 Å². The van der Waals surface area contributed by atoms with Crippen molar-refractivity contribution in [2.45, 2.75) is 214 Å². The molecule has 0 atom stereocenters. The first kappa shape index (κ1) is 71.6. The van der Waals surface area contributed by atoms with E-state index >= 15 is 0 Å². The summed E-state index contributed by atoms with van der Waals surface area (Å²) in [4.78, 5) is 23.7. The van der Waals surface area contributed by atoms with Crippen LogP contribution in [0.5, 0.6) is 0 Å². The molecule has 5 saturated carbocycles. The summed E-state index contributed by atoms with van der Waals surface area (Å²) in [5, 5.41) is 45.4. The van der Waals surface area contributed by atoms with Gasteiger partial charge in [0, 0.05) is 12.5 Å². The van der Waals surface area contributed by atoms with Crippen molar-refractivity contribution in [2.24, 2.45) is 27.6 Å². The standard InChI is InChI=1S/C19H27NO.C10H17NO.C10H15N.C10H16O2.C7H11N.Cl3OP.K.H2O/c1-16(2)19(13-7-4-8-14-19)18(21)20-15-9-12-17-10-5-3-6-11-17;1-9(2,12)10(8-11)6-4-3-5-7-10;1-9(2)10(8-11)6-4-3-5-7-10;1-8(2)10(9(11)12)6-4-3-5-7-10;8-6-7-4-2-1-3-5-7;1-5(2,3)4;;/h3,5-6,10-11H,1,4,7-9,12-15H2,2H3,(H,20,21);12H,3-7H2,1-2H3;1,3-7H2,2H3;1,3-7H2,2H3,(H,11,12);7H,1-5H2;;;1H2/q;;;;;;+1;/p-1. The largest absolute Gasteiger partial charge is 1.00 e. The molecule has 6 rings (SSSR count). The molecule has 0 aromatic heterocycles. The summed E-state index contributed by atoms with van der Waals surface area (Å²) < 4.78 is 9.51. The number of allylic oxidation sites excluding steroid dienone is 1. The zero-order chi connectivity index (χ0) is 52.2. The van der Waals surface area contributed by atoms with Crippen molar-refractivity contribution < 1.29 is 81.2 Å². The van der Waals surface area contributed by atoms with Gasteiger partial charge in [0.2, 0.25) is 5.91 Å². The van der Waals surface area contributed by atoms with Gasteiger partial charge in [-0.15, -0.1) is 0 Å². The van der Waals surface area contributed by atoms with Crippen molar-refractivity contribution in [3.8, 4) is 18.2 Å². The number of carbonyl (C=O) groups is 2. The molecule has 0 radical (unpaired) electrons. The number of carboxylic acid groups (broad SMARTS) is 1. The van der Waals surface area contributed by atoms with Crippen LogP contribution in [0, 0.1) is 61.6 Å². The van der Waals surface area contributed by atoms with Crippen LogP contribution in [0.2, 0.25) is 0 Å². The van der Waals surface area contributed by atoms with E-state index in [-0.39, 0.29) is 73.6 Å². The SMILES string of the molecule is C=C(C)C1(C#N)CCCCC1.C=C(C)C1(C(=O)NCCCc2ccccc2)CCCCC1.C=C(C)C1(C(=O)O)CCCCC1.CC(C)(O)C1(C#N)CCCCC1.N#CC1CCCCC1.O=P(Cl)(Cl)Cl.[K+].[OH-]. The fourth-order valence-corrected chi connectivity index (χ4v) is 10.3. The van der Waals surface area contributed by atoms with Crippen LogP contribution in [0.3, 0.4) is 0 Å². The molecule has 1 amide bonds. The molecule has 10 nitrogen and oxygen atoms in total. The Morgan fingerprint density at radius 1 is 0.690 bits per heavy atom. The van der Waals surface area contributed by atoms with Crippen molar-refractivity contribution in [2.75, 3.05) is 6.54 Å². The average Bonchev–Trinajstić information content (AvgIpc) is 3.34. The summed E-state index contributed by atoms with van der Waals surface area (Å²) in [7, 11) is 0. The summed E-state index contributed by atoms with van der Waals surface area (Å²) in [5.41, 5.74) is 1.84. The molecular weight excluding hydrogens is 1000 g/mol. The third-order valence-electron chi connectivity index (χ3n) is 15.3. The zero-order valence-electron chi connectivity index (χ0n) is 44.4. The van der Waals surface area contributed by atoms with Gasteiger partial charge >= 0.3 is 62.6 Å². The number of rotatable bonds is 10. The van der Waals surface area contributed by atoms with Gasteiger partial charge < -0.3 is 21.0 Å². The first-order chi connectivity index (χ1) is 32.4. The molecule has 4 N–H and O–H groups in total. The first-order valence-corrected chi connectivity index (χ1v) is 30.0. The van der Waals surface area contributed by atoms with E-state index in [0.29, 0.717) is 5.92 Å². The van der Waals surface area contributed by atoms with Gasteiger partial charge in [0.05, 0.1) is 45.5 Å². The number of aliphatic hydroxyl groups is 1. The maximum atomic E-state index is 12.6. The number of hydrogen-bond donors (Lipinski definition) is 3. The van der Waals surface area contributed by atoms with Gasteiger partial charge in [-0.1, -0.05) is 163 Å². The molecule has 0 bridgehead atoms. The Morgan fingerprint density at radius 3 is 1.38 bits per heavy atom. The third-order valence-corrected chi connectivity index (χ3v) is 15.3. The number of carboxylic acids is 1. The number of benzene rings is 1. The number of hydrogen-bond acceptors (Lipinski definition) is 8. The van der Waals surface area contributed by atoms with Crippen LogP contribution in [0.1, 0.15) is 207 Å². The Kier molecular flexibility index (Phi) is 36.8. The monoisotopic (exact) mass is 1090 g/mol. The van der Waals surface area contributed by atoms with Crippen LogP contribution < -0.4 is 56.7 Å². The second-order valence-corrected chi connectivity index (χ2v) is 27.3. The summed E-state index contributed by atoms with van der Waals surface area (Å²) in [6, 6.07) is 17.5. The van der Waals surface area contributed by atoms with E-state index in [1.54, 1.807) is 13.8 Å². The van der Waals surface area contributed by atoms with Gasteiger partial charge in [-0.2, -0.15) is 15.8 Å². The molecule has 5 aliphatic rings. The number of nitrogens with zero attached hydrogens (tertiary/aromatic N) is 3. The number of halogens is 3. The maximum Gasteiger partial charge on any atom is 1.00 e. The molecule has 394 valence electrons. The predicted molar refractivity (Wildman–Crippen MR) is 289 cm³/mol. The minimum Gasteiger partial charge on any atom is -0.870 e. The molecule has 5 aliphatic carbocycles. The molecule has 15 heteroatoms. The second kappa shape index (κ2) is 36.5. The zero-order valence-corrected chi connectivity index (χ0v) is 50.7. The summed E-state index contributed by atoms with van der Waals surface area (Å²) in [6.07, 6.45) is 29.2. The van der Waals surface area contributed by atoms with Crippen molar-refractivity contribution in [3.05, 3.63) is 72.4 Å². The normalized spacial score (nSPS) is 19.5. The topological polar surface area (TPSA) is 205 Å². The molecule has 1 aromatic rings. The Hall–Kier alpha value is -1.49. The number of nitriles is 3. The summed E-state index contributed by atoms with van der Waals surface area (Å²) in [6.45, 7) is 21.9. The number of nitrogens with one attached hydrogen (secondary N) is 1. The minimum atomic E-state index is -3.22. The second-order valence-electron chi connectivity index (χ2n) is 20.7. The van der Waals surface area contributed by atoms with Crippen molar-refractivity contribution in [1.29, 1.82) is 15.8 Å². The van der Waals surface area contributed by atoms with Crippen LogP contribution in [-0.4, -0.2) is 39.7 Å². The molecule has 0 unspecified atom stereocenters. The van der Waals surface area contributed by atoms with Gasteiger partial charge in [-0.3, -0.25) is 14.2 Å². The van der Waals surface area contributed by atoms with Crippen molar-refractivity contribution in [1.82, 2.24) is 5.32 Å². The Bertz CT molecular complexity index is 1900. The van der Waals surface area contributed by atoms with Gasteiger partial charge in [-0.05, 0) is 151 Å². The number of aliphatic carboxylic acids is 1. The molecule has 0 aliphatic heterocycles. The molecule has 5 fully saturated rings. The van der Waals surface area contributed by atoms with Crippen LogP contribution in [0.25, 0.3) is 0 Å². The van der Waals surface area contributed by atoms with Crippen molar-refractivity contribution >= 4 is 50.8 Å². The average molecular weight is 1090 g/mol. The number of aryl methyl sites for hydroxylation is 1. The van der Waals surface area contributed by atoms with Gasteiger partial charge in [0.1, 0.15) is 0 Å².